The van der Waals surface area contributed by atoms with Gasteiger partial charge < -0.3 is 5.32 Å². The van der Waals surface area contributed by atoms with Gasteiger partial charge in [-0.3, -0.25) is 19.9 Å². The van der Waals surface area contributed by atoms with Crippen LogP contribution < -0.4 is 10.7 Å². The molecule has 2 N–H and O–H groups in total. The molecule has 0 fully saturated rings. The lowest BCUT2D eigenvalue weighted by Crippen LogP contribution is -2.25. The molecule has 1 amide bonds. The van der Waals surface area contributed by atoms with Crippen LogP contribution >= 0.6 is 11.6 Å². The molecule has 1 aliphatic heterocycles. The van der Waals surface area contributed by atoms with Gasteiger partial charge in [0, 0.05) is 42.0 Å². The molecule has 9 heteroatoms. The summed E-state index contributed by atoms with van der Waals surface area (Å²) < 4.78 is 0. The van der Waals surface area contributed by atoms with Crippen LogP contribution in [0.1, 0.15) is 22.3 Å². The third kappa shape index (κ3) is 3.18. The molecule has 3 rings (SSSR count). The first-order valence-corrected chi connectivity index (χ1v) is 7.43. The fraction of sp³-hybridized carbons (Fsp3) is 0.133. The number of rotatable bonds is 3. The molecule has 0 unspecified atom stereocenters. The summed E-state index contributed by atoms with van der Waals surface area (Å²) in [5, 5.41) is 18.5. The Bertz CT molecular complexity index is 839. The summed E-state index contributed by atoms with van der Waals surface area (Å²) in [7, 11) is 0. The second-order valence-electron chi connectivity index (χ2n) is 5.02. The molecule has 0 atom stereocenters. The van der Waals surface area contributed by atoms with Crippen molar-refractivity contribution in [2.45, 2.75) is 6.42 Å². The van der Waals surface area contributed by atoms with Crippen molar-refractivity contribution in [2.24, 2.45) is 5.10 Å². The molecular weight excluding hydrogens is 334 g/mol. The zero-order chi connectivity index (χ0) is 17.1. The highest BCUT2D eigenvalue weighted by Gasteiger charge is 2.25. The standard InChI is InChI=1S/C15H12ClN5O3/c16-10-6-11-12(3-5-18-14(11)13(7-10)21(23)24)19-20-15(22)9-2-1-4-17-8-9/h1-2,4,6-8,18H,3,5H2,(H,20,22)/b19-12+. The third-order valence-corrected chi connectivity index (χ3v) is 3.69. The van der Waals surface area contributed by atoms with E-state index in [1.807, 2.05) is 0 Å². The smallest absolute Gasteiger partial charge is 0.294 e. The van der Waals surface area contributed by atoms with Crippen molar-refractivity contribution in [1.29, 1.82) is 0 Å². The molecule has 0 saturated heterocycles. The number of anilines is 1. The number of carbonyl (C=O) groups excluding carboxylic acids is 1. The average Bonchev–Trinajstić information content (AvgIpc) is 2.59. The molecule has 1 aromatic carbocycles. The summed E-state index contributed by atoms with van der Waals surface area (Å²) in [6.07, 6.45) is 3.48. The van der Waals surface area contributed by atoms with Gasteiger partial charge in [-0.2, -0.15) is 5.10 Å². The molecule has 2 heterocycles. The van der Waals surface area contributed by atoms with E-state index in [2.05, 4.69) is 20.8 Å². The van der Waals surface area contributed by atoms with Gasteiger partial charge in [0.1, 0.15) is 5.69 Å². The second-order valence-corrected chi connectivity index (χ2v) is 5.46. The van der Waals surface area contributed by atoms with Crippen LogP contribution in [0.3, 0.4) is 0 Å². The van der Waals surface area contributed by atoms with E-state index in [0.717, 1.165) is 0 Å². The maximum Gasteiger partial charge on any atom is 0.294 e. The van der Waals surface area contributed by atoms with Crippen molar-refractivity contribution in [1.82, 2.24) is 10.4 Å². The molecule has 0 saturated carbocycles. The number of pyridine rings is 1. The molecule has 8 nitrogen and oxygen atoms in total. The van der Waals surface area contributed by atoms with Crippen LogP contribution in [-0.2, 0) is 0 Å². The summed E-state index contributed by atoms with van der Waals surface area (Å²) in [4.78, 5) is 26.6. The van der Waals surface area contributed by atoms with Crippen molar-refractivity contribution < 1.29 is 9.72 Å². The molecule has 2 aromatic rings. The van der Waals surface area contributed by atoms with Gasteiger partial charge in [-0.05, 0) is 18.2 Å². The molecule has 0 radical (unpaired) electrons. The Balaban J connectivity index is 1.92. The first-order chi connectivity index (χ1) is 11.6. The highest BCUT2D eigenvalue weighted by atomic mass is 35.5. The molecule has 0 aliphatic carbocycles. The molecule has 1 aromatic heterocycles. The van der Waals surface area contributed by atoms with Crippen LogP contribution in [0.25, 0.3) is 0 Å². The number of hydrazone groups is 1. The van der Waals surface area contributed by atoms with Crippen molar-refractivity contribution in [2.75, 3.05) is 11.9 Å². The van der Waals surface area contributed by atoms with E-state index in [4.69, 9.17) is 11.6 Å². The Kier molecular flexibility index (Phi) is 4.39. The topological polar surface area (TPSA) is 110 Å². The number of amides is 1. The number of hydrogen-bond donors (Lipinski definition) is 2. The van der Waals surface area contributed by atoms with Gasteiger partial charge in [0.05, 0.1) is 16.2 Å². The molecule has 0 bridgehead atoms. The number of hydrogen-bond acceptors (Lipinski definition) is 6. The van der Waals surface area contributed by atoms with Gasteiger partial charge in [0.25, 0.3) is 11.6 Å². The highest BCUT2D eigenvalue weighted by Crippen LogP contribution is 2.35. The van der Waals surface area contributed by atoms with Crippen molar-refractivity contribution in [3.63, 3.8) is 0 Å². The number of carbonyl (C=O) groups is 1. The number of nitro benzene ring substituents is 1. The first kappa shape index (κ1) is 15.9. The number of benzene rings is 1. The van der Waals surface area contributed by atoms with Crippen LogP contribution in [0.15, 0.2) is 41.8 Å². The predicted molar refractivity (Wildman–Crippen MR) is 89.5 cm³/mol. The molecular formula is C15H12ClN5O3. The van der Waals surface area contributed by atoms with E-state index in [0.29, 0.717) is 35.5 Å². The van der Waals surface area contributed by atoms with Crippen molar-refractivity contribution >= 4 is 34.6 Å². The maximum absolute atomic E-state index is 12.0. The minimum Gasteiger partial charge on any atom is -0.379 e. The third-order valence-electron chi connectivity index (χ3n) is 3.47. The van der Waals surface area contributed by atoms with Gasteiger partial charge in [0.15, 0.2) is 0 Å². The van der Waals surface area contributed by atoms with E-state index in [9.17, 15) is 14.9 Å². The summed E-state index contributed by atoms with van der Waals surface area (Å²) in [6, 6.07) is 6.13. The second kappa shape index (κ2) is 6.63. The number of nitro groups is 1. The predicted octanol–water partition coefficient (Wildman–Crippen LogP) is 2.59. The first-order valence-electron chi connectivity index (χ1n) is 7.05. The minimum atomic E-state index is -0.505. The normalized spacial score (nSPS) is 14.6. The fourth-order valence-electron chi connectivity index (χ4n) is 2.39. The van der Waals surface area contributed by atoms with Gasteiger partial charge in [-0.25, -0.2) is 5.43 Å². The minimum absolute atomic E-state index is 0.122. The van der Waals surface area contributed by atoms with Crippen LogP contribution in [0.5, 0.6) is 0 Å². The lowest BCUT2D eigenvalue weighted by molar-refractivity contribution is -0.384. The number of fused-ring (bicyclic) bond motifs is 1. The number of halogens is 1. The number of nitrogens with zero attached hydrogens (tertiary/aromatic N) is 3. The number of nitrogens with one attached hydrogen (secondary N) is 2. The van der Waals surface area contributed by atoms with Crippen LogP contribution in [0.2, 0.25) is 5.02 Å². The highest BCUT2D eigenvalue weighted by molar-refractivity contribution is 6.31. The van der Waals surface area contributed by atoms with Gasteiger partial charge in [0.2, 0.25) is 0 Å². The Hall–Kier alpha value is -3.00. The van der Waals surface area contributed by atoms with Crippen molar-refractivity contribution in [3.8, 4) is 0 Å². The zero-order valence-electron chi connectivity index (χ0n) is 12.3. The Labute approximate surface area is 141 Å². The largest absolute Gasteiger partial charge is 0.379 e. The van der Waals surface area contributed by atoms with E-state index in [-0.39, 0.29) is 10.7 Å². The lowest BCUT2D eigenvalue weighted by atomic mass is 10.00. The lowest BCUT2D eigenvalue weighted by Gasteiger charge is -2.19. The summed E-state index contributed by atoms with van der Waals surface area (Å²) in [5.74, 6) is -0.410. The molecule has 0 spiro atoms. The van der Waals surface area contributed by atoms with Gasteiger partial charge in [-0.1, -0.05) is 11.6 Å². The fourth-order valence-corrected chi connectivity index (χ4v) is 2.60. The SMILES string of the molecule is O=C(N/N=C1\CCNc2c1cc(Cl)cc2[N+](=O)[O-])c1cccnc1. The van der Waals surface area contributed by atoms with Gasteiger partial charge >= 0.3 is 0 Å². The Morgan fingerprint density at radius 2 is 2.29 bits per heavy atom. The van der Waals surface area contributed by atoms with Crippen LogP contribution in [0, 0.1) is 10.1 Å². The maximum atomic E-state index is 12.0. The average molecular weight is 346 g/mol. The summed E-state index contributed by atoms with van der Waals surface area (Å²) >= 11 is 5.97. The molecule has 1 aliphatic rings. The summed E-state index contributed by atoms with van der Waals surface area (Å²) in [6.45, 7) is 0.469. The Morgan fingerprint density at radius 3 is 3.00 bits per heavy atom. The van der Waals surface area contributed by atoms with E-state index < -0.39 is 10.8 Å². The number of aromatic nitrogens is 1. The van der Waals surface area contributed by atoms with Crippen LogP contribution in [-0.4, -0.2) is 28.1 Å². The molecule has 24 heavy (non-hydrogen) atoms. The summed E-state index contributed by atoms with van der Waals surface area (Å²) in [5.41, 5.74) is 4.07. The van der Waals surface area contributed by atoms with Gasteiger partial charge in [-0.15, -0.1) is 0 Å². The van der Waals surface area contributed by atoms with E-state index >= 15 is 0 Å². The molecule has 122 valence electrons. The Morgan fingerprint density at radius 1 is 1.46 bits per heavy atom. The van der Waals surface area contributed by atoms with Crippen molar-refractivity contribution in [3.05, 3.63) is 62.9 Å². The monoisotopic (exact) mass is 345 g/mol. The van der Waals surface area contributed by atoms with E-state index in [1.165, 1.54) is 12.3 Å². The van der Waals surface area contributed by atoms with E-state index in [1.54, 1.807) is 24.4 Å². The zero-order valence-corrected chi connectivity index (χ0v) is 13.1. The quantitative estimate of drug-likeness (QED) is 0.656. The van der Waals surface area contributed by atoms with Crippen LogP contribution in [0.4, 0.5) is 11.4 Å².